The summed E-state index contributed by atoms with van der Waals surface area (Å²) in [5, 5.41) is 11.8. The number of hydrogen-bond donors (Lipinski definition) is 5. The number of carbonyl (C=O) groups is 4. The minimum atomic E-state index is -0.870. The number of rotatable bonds is 11. The van der Waals surface area contributed by atoms with Crippen LogP contribution in [0.5, 0.6) is 0 Å². The minimum Gasteiger partial charge on any atom is -0.444 e. The van der Waals surface area contributed by atoms with Gasteiger partial charge in [0.1, 0.15) is 11.6 Å². The molecule has 1 fully saturated rings. The number of amides is 4. The lowest BCUT2D eigenvalue weighted by Crippen LogP contribution is -2.48. The number of carbonyl (C=O) groups excluding carboxylic acids is 4. The molecule has 0 unspecified atom stereocenters. The molecule has 5 rings (SSSR count). The number of benzene rings is 3. The Kier molecular flexibility index (Phi) is 12.1. The molecule has 1 heterocycles. The number of nitrogens with one attached hydrogen (secondary N) is 5. The number of hydrogen-bond acceptors (Lipinski definition) is 6. The molecule has 1 atom stereocenters. The molecule has 12 nitrogen and oxygen atoms in total. The van der Waals surface area contributed by atoms with Gasteiger partial charge in [0.25, 0.3) is 5.91 Å². The van der Waals surface area contributed by atoms with Crippen LogP contribution >= 0.6 is 0 Å². The van der Waals surface area contributed by atoms with Gasteiger partial charge in [-0.2, -0.15) is 0 Å². The van der Waals surface area contributed by atoms with Crippen LogP contribution in [0.3, 0.4) is 0 Å². The Balaban J connectivity index is 1.28. The number of aryl methyl sites for hydroxylation is 2. The second-order valence-corrected chi connectivity index (χ2v) is 15.4. The highest BCUT2D eigenvalue weighted by atomic mass is 16.6. The maximum absolute atomic E-state index is 13.8. The van der Waals surface area contributed by atoms with E-state index in [9.17, 15) is 24.0 Å². The van der Waals surface area contributed by atoms with E-state index in [1.165, 1.54) is 4.57 Å². The van der Waals surface area contributed by atoms with E-state index in [-0.39, 0.29) is 47.7 Å². The number of aromatic amines is 1. The van der Waals surface area contributed by atoms with Crippen molar-refractivity contribution in [3.63, 3.8) is 0 Å². The zero-order valence-corrected chi connectivity index (χ0v) is 31.7. The maximum atomic E-state index is 13.8. The summed E-state index contributed by atoms with van der Waals surface area (Å²) in [6.07, 6.45) is 2.63. The Bertz CT molecular complexity index is 2020. The molecule has 1 aromatic heterocycles. The molecule has 0 bridgehead atoms. The van der Waals surface area contributed by atoms with Gasteiger partial charge in [0.2, 0.25) is 11.8 Å². The van der Waals surface area contributed by atoms with E-state index in [0.717, 1.165) is 35.1 Å². The molecule has 3 aromatic carbocycles. The van der Waals surface area contributed by atoms with E-state index < -0.39 is 17.7 Å². The molecule has 1 saturated carbocycles. The Labute approximate surface area is 310 Å². The largest absolute Gasteiger partial charge is 0.444 e. The van der Waals surface area contributed by atoms with Gasteiger partial charge < -0.3 is 31.0 Å². The molecule has 5 N–H and O–H groups in total. The molecule has 4 aromatic rings. The van der Waals surface area contributed by atoms with Gasteiger partial charge >= 0.3 is 11.8 Å². The summed E-state index contributed by atoms with van der Waals surface area (Å²) in [5.41, 5.74) is 5.35. The third kappa shape index (κ3) is 10.4. The summed E-state index contributed by atoms with van der Waals surface area (Å²) in [7, 11) is 1.67. The summed E-state index contributed by atoms with van der Waals surface area (Å²) in [6, 6.07) is 17.9. The SMILES string of the molecule is Cc1cc(C(=O)NC(C)C)ccc1-c1ccc(C[C@H](NC(=O)[C@H]2CC[C@H](CNC(=O)OC(C)(C)C)CC2)C(=O)Nc2ccc3c(c2)[nH]c(=O)n3C)cc1. The van der Waals surface area contributed by atoms with Crippen molar-refractivity contribution in [1.29, 1.82) is 0 Å². The fourth-order valence-electron chi connectivity index (χ4n) is 6.74. The van der Waals surface area contributed by atoms with Gasteiger partial charge in [0.05, 0.1) is 11.0 Å². The Hall–Kier alpha value is -5.39. The fourth-order valence-corrected chi connectivity index (χ4v) is 6.74. The van der Waals surface area contributed by atoms with Crippen molar-refractivity contribution in [3.8, 4) is 11.1 Å². The second kappa shape index (κ2) is 16.5. The lowest BCUT2D eigenvalue weighted by molar-refractivity contribution is -0.130. The number of fused-ring (bicyclic) bond motifs is 1. The molecule has 53 heavy (non-hydrogen) atoms. The number of aromatic nitrogens is 2. The van der Waals surface area contributed by atoms with E-state index in [1.807, 2.05) is 84.0 Å². The second-order valence-electron chi connectivity index (χ2n) is 15.4. The molecule has 12 heteroatoms. The van der Waals surface area contributed by atoms with Gasteiger partial charge in [-0.1, -0.05) is 30.3 Å². The lowest BCUT2D eigenvalue weighted by Gasteiger charge is -2.29. The van der Waals surface area contributed by atoms with Crippen LogP contribution in [-0.2, 0) is 27.8 Å². The first-order chi connectivity index (χ1) is 25.1. The van der Waals surface area contributed by atoms with Crippen molar-refractivity contribution in [3.05, 3.63) is 87.8 Å². The number of anilines is 1. The fraction of sp³-hybridized carbons (Fsp3) is 0.439. The van der Waals surface area contributed by atoms with Crippen LogP contribution in [0.2, 0.25) is 0 Å². The van der Waals surface area contributed by atoms with Crippen LogP contribution in [0.1, 0.15) is 81.8 Å². The molecule has 0 aliphatic heterocycles. The lowest BCUT2D eigenvalue weighted by atomic mass is 9.81. The van der Waals surface area contributed by atoms with E-state index in [1.54, 1.807) is 25.2 Å². The molecular weight excluding hydrogens is 672 g/mol. The van der Waals surface area contributed by atoms with Gasteiger partial charge in [-0.15, -0.1) is 0 Å². The average molecular weight is 725 g/mol. The van der Waals surface area contributed by atoms with Crippen molar-refractivity contribution in [2.75, 3.05) is 11.9 Å². The van der Waals surface area contributed by atoms with Gasteiger partial charge in [0.15, 0.2) is 0 Å². The number of nitrogens with zero attached hydrogens (tertiary/aromatic N) is 1. The minimum absolute atomic E-state index is 0.0404. The summed E-state index contributed by atoms with van der Waals surface area (Å²) in [6.45, 7) is 11.8. The van der Waals surface area contributed by atoms with Crippen molar-refractivity contribution in [2.45, 2.75) is 91.3 Å². The first-order valence-electron chi connectivity index (χ1n) is 18.3. The topological polar surface area (TPSA) is 163 Å². The number of alkyl carbamates (subject to hydrolysis) is 1. The third-order valence-corrected chi connectivity index (χ3v) is 9.57. The van der Waals surface area contributed by atoms with Crippen molar-refractivity contribution in [2.24, 2.45) is 18.9 Å². The van der Waals surface area contributed by atoms with Gasteiger partial charge in [-0.3, -0.25) is 19.0 Å². The molecule has 282 valence electrons. The van der Waals surface area contributed by atoms with Gasteiger partial charge in [0, 0.05) is 43.2 Å². The highest BCUT2D eigenvalue weighted by Crippen LogP contribution is 2.29. The average Bonchev–Trinajstić information content (AvgIpc) is 3.38. The Morgan fingerprint density at radius 3 is 2.26 bits per heavy atom. The Morgan fingerprint density at radius 2 is 1.62 bits per heavy atom. The van der Waals surface area contributed by atoms with Crippen LogP contribution in [0.25, 0.3) is 22.2 Å². The van der Waals surface area contributed by atoms with Crippen LogP contribution in [0, 0.1) is 18.8 Å². The molecule has 0 saturated heterocycles. The monoisotopic (exact) mass is 724 g/mol. The molecule has 0 spiro atoms. The Morgan fingerprint density at radius 1 is 0.925 bits per heavy atom. The predicted molar refractivity (Wildman–Crippen MR) is 207 cm³/mol. The normalized spacial score (nSPS) is 16.5. The van der Waals surface area contributed by atoms with E-state index in [0.29, 0.717) is 41.7 Å². The third-order valence-electron chi connectivity index (χ3n) is 9.57. The van der Waals surface area contributed by atoms with Crippen molar-refractivity contribution < 1.29 is 23.9 Å². The highest BCUT2D eigenvalue weighted by Gasteiger charge is 2.30. The van der Waals surface area contributed by atoms with Crippen molar-refractivity contribution in [1.82, 2.24) is 25.5 Å². The number of H-pyrrole nitrogens is 1. The first kappa shape index (κ1) is 38.8. The molecular formula is C41H52N6O6. The molecule has 0 radical (unpaired) electrons. The van der Waals surface area contributed by atoms with Gasteiger partial charge in [-0.05, 0) is 126 Å². The maximum Gasteiger partial charge on any atom is 0.407 e. The highest BCUT2D eigenvalue weighted by molar-refractivity contribution is 5.99. The standard InChI is InChI=1S/C41H52N6O6/c1-24(2)43-37(49)30-16-18-32(25(3)20-30)28-12-8-26(9-13-28)21-34(38(50)44-31-17-19-35-33(22-31)46-39(51)47(35)7)45-36(48)29-14-10-27(11-15-29)23-42-40(52)53-41(4,5)6/h8-9,12-13,16-20,22,24,27,29,34H,10-11,14-15,21,23H2,1-7H3,(H,42,52)(H,43,49)(H,44,50)(H,45,48)(H,46,51)/t27-,29-,34-/m0/s1. The number of imidazole rings is 1. The zero-order valence-electron chi connectivity index (χ0n) is 31.7. The summed E-state index contributed by atoms with van der Waals surface area (Å²) in [4.78, 5) is 67.1. The van der Waals surface area contributed by atoms with E-state index in [2.05, 4.69) is 26.3 Å². The smallest absolute Gasteiger partial charge is 0.407 e. The quantitative estimate of drug-likeness (QED) is 0.128. The van der Waals surface area contributed by atoms with Gasteiger partial charge in [-0.25, -0.2) is 9.59 Å². The van der Waals surface area contributed by atoms with Crippen LogP contribution in [-0.4, -0.2) is 57.6 Å². The number of ether oxygens (including phenoxy) is 1. The molecule has 4 amide bonds. The van der Waals surface area contributed by atoms with E-state index >= 15 is 0 Å². The molecule has 1 aliphatic carbocycles. The van der Waals surface area contributed by atoms with Crippen LogP contribution in [0.15, 0.2) is 65.5 Å². The zero-order chi connectivity index (χ0) is 38.4. The summed E-state index contributed by atoms with van der Waals surface area (Å²) >= 11 is 0. The first-order valence-corrected chi connectivity index (χ1v) is 18.3. The molecule has 1 aliphatic rings. The van der Waals surface area contributed by atoms with Crippen molar-refractivity contribution >= 4 is 40.5 Å². The van der Waals surface area contributed by atoms with Crippen LogP contribution in [0.4, 0.5) is 10.5 Å². The van der Waals surface area contributed by atoms with Crippen LogP contribution < -0.4 is 27.0 Å². The predicted octanol–water partition coefficient (Wildman–Crippen LogP) is 5.98. The van der Waals surface area contributed by atoms with E-state index in [4.69, 9.17) is 4.74 Å². The summed E-state index contributed by atoms with van der Waals surface area (Å²) in [5.74, 6) is -0.691. The summed E-state index contributed by atoms with van der Waals surface area (Å²) < 4.78 is 6.84.